The first-order chi connectivity index (χ1) is 7.40. The van der Waals surface area contributed by atoms with Crippen LogP contribution in [0.25, 0.3) is 0 Å². The summed E-state index contributed by atoms with van der Waals surface area (Å²) in [4.78, 5) is 22.0. The molecule has 5 nitrogen and oxygen atoms in total. The highest BCUT2D eigenvalue weighted by Crippen LogP contribution is 2.12. The van der Waals surface area contributed by atoms with Crippen molar-refractivity contribution in [1.82, 2.24) is 10.6 Å². The molecular weight excluding hydrogens is 208 g/mol. The van der Waals surface area contributed by atoms with Gasteiger partial charge in [-0.3, -0.25) is 9.59 Å². The lowest BCUT2D eigenvalue weighted by molar-refractivity contribution is -0.146. The predicted molar refractivity (Wildman–Crippen MR) is 62.2 cm³/mol. The largest absolute Gasteiger partial charge is 0.481 e. The van der Waals surface area contributed by atoms with Gasteiger partial charge in [0, 0.05) is 26.1 Å². The van der Waals surface area contributed by atoms with E-state index in [4.69, 9.17) is 5.11 Å². The summed E-state index contributed by atoms with van der Waals surface area (Å²) in [6, 6.07) is 0. The zero-order valence-electron chi connectivity index (χ0n) is 10.3. The molecule has 0 aromatic rings. The Labute approximate surface area is 96.6 Å². The van der Waals surface area contributed by atoms with E-state index < -0.39 is 11.4 Å². The molecule has 0 atom stereocenters. The fraction of sp³-hybridized carbons (Fsp3) is 0.818. The number of carbonyl (C=O) groups is 2. The third kappa shape index (κ3) is 6.40. The highest BCUT2D eigenvalue weighted by atomic mass is 16.4. The van der Waals surface area contributed by atoms with E-state index in [0.29, 0.717) is 26.1 Å². The van der Waals surface area contributed by atoms with Crippen LogP contribution in [0.5, 0.6) is 0 Å². The van der Waals surface area contributed by atoms with Crippen LogP contribution in [-0.4, -0.2) is 36.6 Å². The standard InChI is InChI=1S/C11H22N2O3/c1-4-6-13-9(14)5-7-12-8-11(2,3)10(15)16/h12H,4-8H2,1-3H3,(H,13,14)(H,15,16). The summed E-state index contributed by atoms with van der Waals surface area (Å²) in [5.41, 5.74) is -0.792. The van der Waals surface area contributed by atoms with Gasteiger partial charge in [0.2, 0.25) is 5.91 Å². The lowest BCUT2D eigenvalue weighted by Gasteiger charge is -2.19. The Hall–Kier alpha value is -1.10. The normalized spacial score (nSPS) is 11.2. The number of hydrogen-bond donors (Lipinski definition) is 3. The quantitative estimate of drug-likeness (QED) is 0.534. The van der Waals surface area contributed by atoms with E-state index in [2.05, 4.69) is 10.6 Å². The minimum absolute atomic E-state index is 0.00230. The van der Waals surface area contributed by atoms with Crippen molar-refractivity contribution < 1.29 is 14.7 Å². The van der Waals surface area contributed by atoms with Crippen molar-refractivity contribution >= 4 is 11.9 Å². The van der Waals surface area contributed by atoms with Crippen LogP contribution in [0.2, 0.25) is 0 Å². The highest BCUT2D eigenvalue weighted by molar-refractivity contribution is 5.76. The Morgan fingerprint density at radius 1 is 1.25 bits per heavy atom. The van der Waals surface area contributed by atoms with Crippen LogP contribution >= 0.6 is 0 Å². The Kier molecular flexibility index (Phi) is 6.72. The Bertz CT molecular complexity index is 239. The van der Waals surface area contributed by atoms with Gasteiger partial charge in [-0.25, -0.2) is 0 Å². The van der Waals surface area contributed by atoms with E-state index in [1.54, 1.807) is 13.8 Å². The van der Waals surface area contributed by atoms with Gasteiger partial charge in [0.25, 0.3) is 0 Å². The molecule has 0 rings (SSSR count). The smallest absolute Gasteiger partial charge is 0.310 e. The van der Waals surface area contributed by atoms with Gasteiger partial charge >= 0.3 is 5.97 Å². The molecule has 94 valence electrons. The zero-order chi connectivity index (χ0) is 12.6. The van der Waals surface area contributed by atoms with Crippen LogP contribution in [0, 0.1) is 5.41 Å². The van der Waals surface area contributed by atoms with Crippen molar-refractivity contribution in [3.63, 3.8) is 0 Å². The second kappa shape index (κ2) is 7.22. The summed E-state index contributed by atoms with van der Waals surface area (Å²) in [6.07, 6.45) is 1.31. The van der Waals surface area contributed by atoms with Gasteiger partial charge in [-0.2, -0.15) is 0 Å². The van der Waals surface area contributed by atoms with E-state index in [1.165, 1.54) is 0 Å². The van der Waals surface area contributed by atoms with Crippen LogP contribution in [-0.2, 0) is 9.59 Å². The van der Waals surface area contributed by atoms with E-state index in [1.807, 2.05) is 6.92 Å². The Balaban J connectivity index is 3.60. The van der Waals surface area contributed by atoms with Crippen molar-refractivity contribution in [2.75, 3.05) is 19.6 Å². The third-order valence-corrected chi connectivity index (χ3v) is 2.25. The second-order valence-electron chi connectivity index (χ2n) is 4.47. The summed E-state index contributed by atoms with van der Waals surface area (Å²) in [5.74, 6) is -0.835. The molecule has 0 saturated heterocycles. The van der Waals surface area contributed by atoms with Crippen molar-refractivity contribution in [3.05, 3.63) is 0 Å². The first-order valence-corrected chi connectivity index (χ1v) is 5.61. The number of hydrogen-bond acceptors (Lipinski definition) is 3. The third-order valence-electron chi connectivity index (χ3n) is 2.25. The molecule has 0 bridgehead atoms. The van der Waals surface area contributed by atoms with E-state index in [9.17, 15) is 9.59 Å². The van der Waals surface area contributed by atoms with Crippen molar-refractivity contribution in [1.29, 1.82) is 0 Å². The van der Waals surface area contributed by atoms with Gasteiger partial charge in [0.15, 0.2) is 0 Å². The molecule has 0 unspecified atom stereocenters. The fourth-order valence-corrected chi connectivity index (χ4v) is 1.03. The van der Waals surface area contributed by atoms with Gasteiger partial charge in [-0.05, 0) is 20.3 Å². The molecule has 0 aliphatic carbocycles. The first-order valence-electron chi connectivity index (χ1n) is 5.61. The lowest BCUT2D eigenvalue weighted by atomic mass is 9.94. The van der Waals surface area contributed by atoms with E-state index in [-0.39, 0.29) is 5.91 Å². The molecule has 3 N–H and O–H groups in total. The topological polar surface area (TPSA) is 78.4 Å². The lowest BCUT2D eigenvalue weighted by Crippen LogP contribution is -2.37. The number of carboxylic acid groups (broad SMARTS) is 1. The van der Waals surface area contributed by atoms with Gasteiger partial charge in [-0.1, -0.05) is 6.92 Å². The number of nitrogens with one attached hydrogen (secondary N) is 2. The molecule has 0 aromatic heterocycles. The molecule has 0 aliphatic heterocycles. The van der Waals surface area contributed by atoms with Crippen molar-refractivity contribution in [2.24, 2.45) is 5.41 Å². The van der Waals surface area contributed by atoms with Crippen molar-refractivity contribution in [3.8, 4) is 0 Å². The molecule has 1 amide bonds. The minimum atomic E-state index is -0.838. The van der Waals surface area contributed by atoms with Gasteiger partial charge < -0.3 is 15.7 Å². The first kappa shape index (κ1) is 14.9. The monoisotopic (exact) mass is 230 g/mol. The average molecular weight is 230 g/mol. The summed E-state index contributed by atoms with van der Waals surface area (Å²) in [6.45, 7) is 6.86. The molecule has 0 radical (unpaired) electrons. The molecule has 0 heterocycles. The maximum Gasteiger partial charge on any atom is 0.310 e. The molecule has 5 heteroatoms. The maximum absolute atomic E-state index is 11.2. The van der Waals surface area contributed by atoms with Crippen LogP contribution in [0.15, 0.2) is 0 Å². The number of carboxylic acids is 1. The summed E-state index contributed by atoms with van der Waals surface area (Å²) in [7, 11) is 0. The number of rotatable bonds is 8. The van der Waals surface area contributed by atoms with Gasteiger partial charge in [0.1, 0.15) is 0 Å². The van der Waals surface area contributed by atoms with Gasteiger partial charge in [-0.15, -0.1) is 0 Å². The summed E-state index contributed by atoms with van der Waals surface area (Å²) >= 11 is 0. The van der Waals surface area contributed by atoms with E-state index >= 15 is 0 Å². The average Bonchev–Trinajstić information content (AvgIpc) is 2.21. The zero-order valence-corrected chi connectivity index (χ0v) is 10.3. The number of carbonyl (C=O) groups excluding carboxylic acids is 1. The fourth-order valence-electron chi connectivity index (χ4n) is 1.03. The number of amides is 1. The SMILES string of the molecule is CCCNC(=O)CCNCC(C)(C)C(=O)O. The molecule has 0 saturated carbocycles. The molecule has 0 aromatic carbocycles. The minimum Gasteiger partial charge on any atom is -0.481 e. The summed E-state index contributed by atoms with van der Waals surface area (Å²) in [5, 5.41) is 14.6. The molecule has 16 heavy (non-hydrogen) atoms. The van der Waals surface area contributed by atoms with Gasteiger partial charge in [0.05, 0.1) is 5.41 Å². The molecule has 0 fully saturated rings. The van der Waals surface area contributed by atoms with E-state index in [0.717, 1.165) is 6.42 Å². The molecule has 0 spiro atoms. The van der Waals surface area contributed by atoms with Crippen LogP contribution in [0.3, 0.4) is 0 Å². The number of aliphatic carboxylic acids is 1. The molecule has 0 aliphatic rings. The highest BCUT2D eigenvalue weighted by Gasteiger charge is 2.26. The maximum atomic E-state index is 11.2. The Morgan fingerprint density at radius 3 is 2.38 bits per heavy atom. The Morgan fingerprint density at radius 2 is 1.88 bits per heavy atom. The molecular formula is C11H22N2O3. The van der Waals surface area contributed by atoms with Crippen LogP contribution in [0.4, 0.5) is 0 Å². The van der Waals surface area contributed by atoms with Crippen molar-refractivity contribution in [2.45, 2.75) is 33.6 Å². The summed E-state index contributed by atoms with van der Waals surface area (Å²) < 4.78 is 0. The van der Waals surface area contributed by atoms with Crippen LogP contribution < -0.4 is 10.6 Å². The van der Waals surface area contributed by atoms with Crippen LogP contribution in [0.1, 0.15) is 33.6 Å². The predicted octanol–water partition coefficient (Wildman–Crippen LogP) is 0.603. The second-order valence-corrected chi connectivity index (χ2v) is 4.47.